The monoisotopic (exact) mass is 293 g/mol. The molecule has 1 aliphatic carbocycles. The lowest BCUT2D eigenvalue weighted by molar-refractivity contribution is 0.443. The zero-order valence-electron chi connectivity index (χ0n) is 13.8. The van der Waals surface area contributed by atoms with Crippen molar-refractivity contribution in [1.82, 2.24) is 0 Å². The van der Waals surface area contributed by atoms with Gasteiger partial charge >= 0.3 is 0 Å². The summed E-state index contributed by atoms with van der Waals surface area (Å²) in [6, 6.07) is 17.8. The van der Waals surface area contributed by atoms with Gasteiger partial charge in [0, 0.05) is 11.4 Å². The van der Waals surface area contributed by atoms with Crippen LogP contribution in [0.3, 0.4) is 0 Å². The summed E-state index contributed by atoms with van der Waals surface area (Å²) in [5.41, 5.74) is 5.24. The molecular weight excluding hydrogens is 266 g/mol. The highest BCUT2D eigenvalue weighted by Gasteiger charge is 2.14. The highest BCUT2D eigenvalue weighted by molar-refractivity contribution is 5.60. The number of hydrogen-bond donors (Lipinski definition) is 1. The zero-order chi connectivity index (χ0) is 15.4. The van der Waals surface area contributed by atoms with Gasteiger partial charge in [-0.15, -0.1) is 0 Å². The van der Waals surface area contributed by atoms with E-state index in [1.807, 2.05) is 0 Å². The lowest BCUT2D eigenvalue weighted by Crippen LogP contribution is -2.04. The van der Waals surface area contributed by atoms with Gasteiger partial charge in [0.2, 0.25) is 0 Å². The molecule has 0 spiro atoms. The minimum absolute atomic E-state index is 0.587. The lowest BCUT2D eigenvalue weighted by atomic mass is 9.84. The number of hydrogen-bond acceptors (Lipinski definition) is 1. The molecular formula is C21H27N. The van der Waals surface area contributed by atoms with Crippen molar-refractivity contribution in [2.45, 2.75) is 57.8 Å². The molecule has 0 unspecified atom stereocenters. The molecule has 0 saturated heterocycles. The van der Waals surface area contributed by atoms with Crippen molar-refractivity contribution >= 4 is 11.4 Å². The van der Waals surface area contributed by atoms with Crippen molar-refractivity contribution in [3.05, 3.63) is 59.7 Å². The third-order valence-corrected chi connectivity index (χ3v) is 4.85. The molecule has 0 radical (unpaired) electrons. The second-order valence-electron chi connectivity index (χ2n) is 6.86. The smallest absolute Gasteiger partial charge is 0.0384 e. The van der Waals surface area contributed by atoms with Crippen molar-refractivity contribution in [3.63, 3.8) is 0 Å². The Hall–Kier alpha value is -1.76. The standard InChI is InChI=1S/C21H27N/c1-16(2)17-8-12-20(13-9-17)22-21-14-10-19(11-15-21)18-6-4-3-5-7-18/h8-16,18,22H,3-7H2,1-2H3. The van der Waals surface area contributed by atoms with Gasteiger partial charge in [0.1, 0.15) is 0 Å². The van der Waals surface area contributed by atoms with Crippen molar-refractivity contribution in [1.29, 1.82) is 0 Å². The van der Waals surface area contributed by atoms with Crippen molar-refractivity contribution in [2.75, 3.05) is 5.32 Å². The summed E-state index contributed by atoms with van der Waals surface area (Å²) in [4.78, 5) is 0. The molecule has 0 aromatic heterocycles. The Labute approximate surface area is 134 Å². The molecule has 1 aliphatic rings. The highest BCUT2D eigenvalue weighted by atomic mass is 14.9. The van der Waals surface area contributed by atoms with E-state index in [4.69, 9.17) is 0 Å². The first kappa shape index (κ1) is 15.1. The molecule has 3 rings (SSSR count). The first-order valence-electron chi connectivity index (χ1n) is 8.69. The van der Waals surface area contributed by atoms with Gasteiger partial charge in [-0.05, 0) is 60.1 Å². The predicted molar refractivity (Wildman–Crippen MR) is 96.1 cm³/mol. The third kappa shape index (κ3) is 3.71. The SMILES string of the molecule is CC(C)c1ccc(Nc2ccc(C3CCCCC3)cc2)cc1. The Kier molecular flexibility index (Phi) is 4.82. The van der Waals surface area contributed by atoms with E-state index in [0.717, 1.165) is 11.6 Å². The molecule has 2 aromatic carbocycles. The van der Waals surface area contributed by atoms with E-state index in [1.165, 1.54) is 48.9 Å². The quantitative estimate of drug-likeness (QED) is 0.669. The van der Waals surface area contributed by atoms with Crippen LogP contribution in [0.25, 0.3) is 0 Å². The van der Waals surface area contributed by atoms with E-state index in [9.17, 15) is 0 Å². The third-order valence-electron chi connectivity index (χ3n) is 4.85. The van der Waals surface area contributed by atoms with Crippen LogP contribution in [0, 0.1) is 0 Å². The first-order chi connectivity index (χ1) is 10.7. The van der Waals surface area contributed by atoms with E-state index < -0.39 is 0 Å². The highest BCUT2D eigenvalue weighted by Crippen LogP contribution is 2.33. The van der Waals surface area contributed by atoms with Crippen LogP contribution < -0.4 is 5.32 Å². The van der Waals surface area contributed by atoms with Crippen LogP contribution in [0.1, 0.15) is 68.9 Å². The van der Waals surface area contributed by atoms with Crippen molar-refractivity contribution < 1.29 is 0 Å². The van der Waals surface area contributed by atoms with Gasteiger partial charge in [0.05, 0.1) is 0 Å². The minimum atomic E-state index is 0.587. The van der Waals surface area contributed by atoms with Crippen molar-refractivity contribution in [2.24, 2.45) is 0 Å². The van der Waals surface area contributed by atoms with E-state index in [2.05, 4.69) is 67.7 Å². The number of benzene rings is 2. The van der Waals surface area contributed by atoms with Gasteiger partial charge in [-0.2, -0.15) is 0 Å². The van der Waals surface area contributed by atoms with Crippen molar-refractivity contribution in [3.8, 4) is 0 Å². The summed E-state index contributed by atoms with van der Waals surface area (Å²) in [6.07, 6.45) is 6.94. The lowest BCUT2D eigenvalue weighted by Gasteiger charge is -2.22. The molecule has 0 atom stereocenters. The molecule has 22 heavy (non-hydrogen) atoms. The van der Waals surface area contributed by atoms with Crippen LogP contribution in [0.2, 0.25) is 0 Å². The maximum absolute atomic E-state index is 3.50. The molecule has 116 valence electrons. The molecule has 0 amide bonds. The Morgan fingerprint density at radius 2 is 1.32 bits per heavy atom. The van der Waals surface area contributed by atoms with E-state index in [-0.39, 0.29) is 0 Å². The fraction of sp³-hybridized carbons (Fsp3) is 0.429. The number of rotatable bonds is 4. The fourth-order valence-corrected chi connectivity index (χ4v) is 3.39. The summed E-state index contributed by atoms with van der Waals surface area (Å²) >= 11 is 0. The molecule has 0 aliphatic heterocycles. The van der Waals surface area contributed by atoms with Crippen LogP contribution >= 0.6 is 0 Å². The Morgan fingerprint density at radius 3 is 1.86 bits per heavy atom. The molecule has 2 aromatic rings. The second kappa shape index (κ2) is 7.00. The van der Waals surface area contributed by atoms with Gasteiger partial charge in [-0.25, -0.2) is 0 Å². The molecule has 1 nitrogen and oxygen atoms in total. The van der Waals surface area contributed by atoms with Gasteiger partial charge in [-0.3, -0.25) is 0 Å². The van der Waals surface area contributed by atoms with Crippen LogP contribution in [0.4, 0.5) is 11.4 Å². The average Bonchev–Trinajstić information content (AvgIpc) is 2.57. The van der Waals surface area contributed by atoms with Crippen LogP contribution in [-0.2, 0) is 0 Å². The maximum atomic E-state index is 3.50. The van der Waals surface area contributed by atoms with Gasteiger partial charge in [-0.1, -0.05) is 57.4 Å². The number of anilines is 2. The van der Waals surface area contributed by atoms with E-state index in [1.54, 1.807) is 0 Å². The minimum Gasteiger partial charge on any atom is -0.356 e. The Bertz CT molecular complexity index is 574. The molecule has 1 N–H and O–H groups in total. The number of nitrogens with one attached hydrogen (secondary N) is 1. The van der Waals surface area contributed by atoms with Crippen LogP contribution in [0.15, 0.2) is 48.5 Å². The topological polar surface area (TPSA) is 12.0 Å². The summed E-state index contributed by atoms with van der Waals surface area (Å²) in [5.74, 6) is 1.37. The normalized spacial score (nSPS) is 16.0. The predicted octanol–water partition coefficient (Wildman–Crippen LogP) is 6.60. The maximum Gasteiger partial charge on any atom is 0.0384 e. The van der Waals surface area contributed by atoms with Gasteiger partial charge < -0.3 is 5.32 Å². The summed E-state index contributed by atoms with van der Waals surface area (Å²) < 4.78 is 0. The van der Waals surface area contributed by atoms with Crippen LogP contribution in [0.5, 0.6) is 0 Å². The van der Waals surface area contributed by atoms with E-state index >= 15 is 0 Å². The zero-order valence-corrected chi connectivity index (χ0v) is 13.8. The molecule has 0 bridgehead atoms. The fourth-order valence-electron chi connectivity index (χ4n) is 3.39. The molecule has 0 heterocycles. The van der Waals surface area contributed by atoms with Gasteiger partial charge in [0.25, 0.3) is 0 Å². The largest absolute Gasteiger partial charge is 0.356 e. The Morgan fingerprint density at radius 1 is 0.773 bits per heavy atom. The Balaban J connectivity index is 1.65. The molecule has 1 heteroatoms. The second-order valence-corrected chi connectivity index (χ2v) is 6.86. The summed E-state index contributed by atoms with van der Waals surface area (Å²) in [6.45, 7) is 4.46. The average molecular weight is 293 g/mol. The molecule has 1 saturated carbocycles. The summed E-state index contributed by atoms with van der Waals surface area (Å²) in [7, 11) is 0. The molecule has 1 fully saturated rings. The van der Waals surface area contributed by atoms with Gasteiger partial charge in [0.15, 0.2) is 0 Å². The summed E-state index contributed by atoms with van der Waals surface area (Å²) in [5, 5.41) is 3.50. The van der Waals surface area contributed by atoms with E-state index in [0.29, 0.717) is 5.92 Å². The first-order valence-corrected chi connectivity index (χ1v) is 8.69. The van der Waals surface area contributed by atoms with Crippen LogP contribution in [-0.4, -0.2) is 0 Å².